The Morgan fingerprint density at radius 3 is 1.83 bits per heavy atom. The van der Waals surface area contributed by atoms with Crippen molar-refractivity contribution >= 4 is 23.1 Å². The van der Waals surface area contributed by atoms with Crippen LogP contribution in [0.4, 0.5) is 26.2 Å². The van der Waals surface area contributed by atoms with Crippen LogP contribution in [0, 0.1) is 5.82 Å². The zero-order valence-electron chi connectivity index (χ0n) is 9.48. The van der Waals surface area contributed by atoms with E-state index in [1.165, 1.54) is 24.3 Å². The molecule has 0 atom stereocenters. The molecule has 0 aliphatic heterocycles. The Balaban J connectivity index is 1.96. The largest absolute Gasteiger partial charge is 0.399 e. The zero-order chi connectivity index (χ0) is 13.0. The van der Waals surface area contributed by atoms with Crippen molar-refractivity contribution in [2.45, 2.75) is 0 Å². The van der Waals surface area contributed by atoms with Crippen molar-refractivity contribution in [2.75, 3.05) is 16.4 Å². The van der Waals surface area contributed by atoms with Gasteiger partial charge in [-0.3, -0.25) is 0 Å². The van der Waals surface area contributed by atoms with Crippen LogP contribution in [0.5, 0.6) is 0 Å². The van der Waals surface area contributed by atoms with Gasteiger partial charge in [-0.15, -0.1) is 0 Å². The number of nitrogens with two attached hydrogens (primary N) is 1. The van der Waals surface area contributed by atoms with Crippen LogP contribution in [-0.4, -0.2) is 6.03 Å². The average molecular weight is 245 g/mol. The number of amides is 2. The fourth-order valence-corrected chi connectivity index (χ4v) is 1.39. The van der Waals surface area contributed by atoms with Gasteiger partial charge in [0, 0.05) is 17.1 Å². The van der Waals surface area contributed by atoms with E-state index in [9.17, 15) is 9.18 Å². The smallest absolute Gasteiger partial charge is 0.323 e. The molecular weight excluding hydrogens is 233 g/mol. The third-order valence-electron chi connectivity index (χ3n) is 2.27. The van der Waals surface area contributed by atoms with Crippen LogP contribution >= 0.6 is 0 Å². The van der Waals surface area contributed by atoms with Gasteiger partial charge in [-0.1, -0.05) is 0 Å². The molecule has 2 aromatic carbocycles. The Morgan fingerprint density at radius 2 is 1.33 bits per heavy atom. The highest BCUT2D eigenvalue weighted by Gasteiger charge is 2.02. The Morgan fingerprint density at radius 1 is 0.889 bits per heavy atom. The molecule has 4 N–H and O–H groups in total. The van der Waals surface area contributed by atoms with E-state index in [4.69, 9.17) is 5.73 Å². The predicted molar refractivity (Wildman–Crippen MR) is 69.9 cm³/mol. The van der Waals surface area contributed by atoms with Crippen LogP contribution in [0.1, 0.15) is 0 Å². The number of hydrogen-bond acceptors (Lipinski definition) is 2. The lowest BCUT2D eigenvalue weighted by Gasteiger charge is -2.07. The highest BCUT2D eigenvalue weighted by atomic mass is 19.1. The maximum atomic E-state index is 12.7. The van der Waals surface area contributed by atoms with E-state index in [-0.39, 0.29) is 5.82 Å². The SMILES string of the molecule is Nc1ccc(NC(=O)Nc2ccc(F)cc2)cc1. The third kappa shape index (κ3) is 3.21. The van der Waals surface area contributed by atoms with Crippen molar-refractivity contribution in [1.82, 2.24) is 0 Å². The van der Waals surface area contributed by atoms with Gasteiger partial charge in [0.1, 0.15) is 5.82 Å². The van der Waals surface area contributed by atoms with Crippen LogP contribution in [0.3, 0.4) is 0 Å². The predicted octanol–water partition coefficient (Wildman–Crippen LogP) is 3.05. The first kappa shape index (κ1) is 11.9. The molecule has 4 nitrogen and oxygen atoms in total. The molecular formula is C13H12FN3O. The fraction of sp³-hybridized carbons (Fsp3) is 0. The van der Waals surface area contributed by atoms with E-state index < -0.39 is 6.03 Å². The number of nitrogens with one attached hydrogen (secondary N) is 2. The van der Waals surface area contributed by atoms with Crippen molar-refractivity contribution in [3.63, 3.8) is 0 Å². The van der Waals surface area contributed by atoms with Crippen molar-refractivity contribution in [2.24, 2.45) is 0 Å². The molecule has 5 heteroatoms. The summed E-state index contributed by atoms with van der Waals surface area (Å²) in [6.07, 6.45) is 0. The minimum Gasteiger partial charge on any atom is -0.399 e. The van der Waals surface area contributed by atoms with Gasteiger partial charge in [0.05, 0.1) is 0 Å². The normalized spacial score (nSPS) is 9.83. The lowest BCUT2D eigenvalue weighted by Crippen LogP contribution is -2.19. The number of halogens is 1. The van der Waals surface area contributed by atoms with Crippen LogP contribution in [0.15, 0.2) is 48.5 Å². The summed E-state index contributed by atoms with van der Waals surface area (Å²) in [7, 11) is 0. The number of carbonyl (C=O) groups excluding carboxylic acids is 1. The van der Waals surface area contributed by atoms with E-state index in [0.717, 1.165) is 0 Å². The average Bonchev–Trinajstić information content (AvgIpc) is 2.35. The molecule has 92 valence electrons. The maximum Gasteiger partial charge on any atom is 0.323 e. The zero-order valence-corrected chi connectivity index (χ0v) is 9.48. The minimum atomic E-state index is -0.397. The molecule has 2 aromatic rings. The number of rotatable bonds is 2. The second kappa shape index (κ2) is 5.18. The molecule has 0 unspecified atom stereocenters. The van der Waals surface area contributed by atoms with Crippen molar-refractivity contribution in [3.05, 3.63) is 54.3 Å². The number of hydrogen-bond donors (Lipinski definition) is 3. The topological polar surface area (TPSA) is 67.1 Å². The molecule has 0 aliphatic rings. The second-order valence-corrected chi connectivity index (χ2v) is 3.71. The number of benzene rings is 2. The van der Waals surface area contributed by atoms with E-state index in [0.29, 0.717) is 17.1 Å². The van der Waals surface area contributed by atoms with Crippen molar-refractivity contribution in [3.8, 4) is 0 Å². The third-order valence-corrected chi connectivity index (χ3v) is 2.27. The molecule has 0 heterocycles. The van der Waals surface area contributed by atoms with E-state index >= 15 is 0 Å². The van der Waals surface area contributed by atoms with Gasteiger partial charge in [-0.2, -0.15) is 0 Å². The molecule has 0 aliphatic carbocycles. The molecule has 2 amide bonds. The summed E-state index contributed by atoms with van der Waals surface area (Å²) in [4.78, 5) is 11.6. The Kier molecular flexibility index (Phi) is 3.43. The Hall–Kier alpha value is -2.56. The van der Waals surface area contributed by atoms with Crippen LogP contribution < -0.4 is 16.4 Å². The number of anilines is 3. The van der Waals surface area contributed by atoms with E-state index in [1.807, 2.05) is 0 Å². The summed E-state index contributed by atoms with van der Waals surface area (Å²) >= 11 is 0. The summed E-state index contributed by atoms with van der Waals surface area (Å²) < 4.78 is 12.7. The molecule has 0 radical (unpaired) electrons. The van der Waals surface area contributed by atoms with Crippen molar-refractivity contribution in [1.29, 1.82) is 0 Å². The van der Waals surface area contributed by atoms with Crippen LogP contribution in [-0.2, 0) is 0 Å². The lowest BCUT2D eigenvalue weighted by molar-refractivity contribution is 0.262. The monoisotopic (exact) mass is 245 g/mol. The molecule has 0 saturated carbocycles. The van der Waals surface area contributed by atoms with Crippen LogP contribution in [0.25, 0.3) is 0 Å². The van der Waals surface area contributed by atoms with Gasteiger partial charge in [0.25, 0.3) is 0 Å². The number of carbonyl (C=O) groups is 1. The lowest BCUT2D eigenvalue weighted by atomic mass is 10.3. The van der Waals surface area contributed by atoms with Gasteiger partial charge in [0.15, 0.2) is 0 Å². The minimum absolute atomic E-state index is 0.348. The summed E-state index contributed by atoms with van der Waals surface area (Å²) in [6.45, 7) is 0. The molecule has 0 bridgehead atoms. The summed E-state index contributed by atoms with van der Waals surface area (Å²) in [6, 6.07) is 11.9. The molecule has 18 heavy (non-hydrogen) atoms. The van der Waals surface area contributed by atoms with Gasteiger partial charge in [-0.05, 0) is 48.5 Å². The standard InChI is InChI=1S/C13H12FN3O/c14-9-1-5-11(6-2-9)16-13(18)17-12-7-3-10(15)4-8-12/h1-8H,15H2,(H2,16,17,18). The second-order valence-electron chi connectivity index (χ2n) is 3.71. The van der Waals surface area contributed by atoms with E-state index in [2.05, 4.69) is 10.6 Å². The summed E-state index contributed by atoms with van der Waals surface area (Å²) in [5, 5.41) is 5.22. The first-order chi connectivity index (χ1) is 8.63. The molecule has 0 fully saturated rings. The quantitative estimate of drug-likeness (QED) is 0.712. The molecule has 2 rings (SSSR count). The summed E-state index contributed by atoms with van der Waals surface area (Å²) in [5.41, 5.74) is 7.30. The maximum absolute atomic E-state index is 12.7. The van der Waals surface area contributed by atoms with Crippen molar-refractivity contribution < 1.29 is 9.18 Å². The molecule has 0 aromatic heterocycles. The molecule has 0 saturated heterocycles. The van der Waals surface area contributed by atoms with Gasteiger partial charge in [-0.25, -0.2) is 9.18 Å². The highest BCUT2D eigenvalue weighted by Crippen LogP contribution is 2.12. The molecule has 0 spiro atoms. The number of nitrogen functional groups attached to an aromatic ring is 1. The number of urea groups is 1. The summed E-state index contributed by atoms with van der Waals surface area (Å²) in [5.74, 6) is -0.348. The van der Waals surface area contributed by atoms with Gasteiger partial charge in [0.2, 0.25) is 0 Å². The van der Waals surface area contributed by atoms with Crippen LogP contribution in [0.2, 0.25) is 0 Å². The first-order valence-electron chi connectivity index (χ1n) is 5.32. The van der Waals surface area contributed by atoms with Gasteiger partial charge >= 0.3 is 6.03 Å². The first-order valence-corrected chi connectivity index (χ1v) is 5.32. The Bertz CT molecular complexity index is 488. The van der Waals surface area contributed by atoms with Gasteiger partial charge < -0.3 is 16.4 Å². The highest BCUT2D eigenvalue weighted by molar-refractivity contribution is 5.99. The van der Waals surface area contributed by atoms with E-state index in [1.54, 1.807) is 24.3 Å². The fourth-order valence-electron chi connectivity index (χ4n) is 1.39. The Labute approximate surface area is 104 Å².